The van der Waals surface area contributed by atoms with E-state index in [4.69, 9.17) is 5.73 Å². The summed E-state index contributed by atoms with van der Waals surface area (Å²) in [5, 5.41) is 5.33. The molecule has 4 rings (SSSR count). The molecule has 1 saturated heterocycles. The van der Waals surface area contributed by atoms with Crippen LogP contribution in [0.25, 0.3) is 6.08 Å². The Morgan fingerprint density at radius 3 is 2.43 bits per heavy atom. The largest absolute Gasteiger partial charge is 0.397 e. The molecular formula is C27H26F2N4O2. The van der Waals surface area contributed by atoms with Crippen LogP contribution in [0.2, 0.25) is 0 Å². The lowest BCUT2D eigenvalue weighted by Crippen LogP contribution is -2.28. The fourth-order valence-electron chi connectivity index (χ4n) is 4.23. The van der Waals surface area contributed by atoms with Gasteiger partial charge in [-0.2, -0.15) is 0 Å². The highest BCUT2D eigenvalue weighted by atomic mass is 19.1. The van der Waals surface area contributed by atoms with E-state index in [1.807, 2.05) is 36.2 Å². The average Bonchev–Trinajstić information content (AvgIpc) is 3.23. The topological polar surface area (TPSA) is 87.5 Å². The maximum atomic E-state index is 14.0. The molecule has 2 unspecified atom stereocenters. The average molecular weight is 477 g/mol. The molecular weight excluding hydrogens is 450 g/mol. The third kappa shape index (κ3) is 5.91. The first-order chi connectivity index (χ1) is 16.8. The van der Waals surface area contributed by atoms with Gasteiger partial charge >= 0.3 is 0 Å². The Bertz CT molecular complexity index is 1260. The number of nitrogen functional groups attached to an aromatic ring is 1. The number of anilines is 3. The number of amides is 2. The molecule has 1 aliphatic heterocycles. The quantitative estimate of drug-likeness (QED) is 0.362. The van der Waals surface area contributed by atoms with Gasteiger partial charge in [-0.15, -0.1) is 0 Å². The predicted octanol–water partition coefficient (Wildman–Crippen LogP) is 4.48. The zero-order valence-corrected chi connectivity index (χ0v) is 19.2. The Morgan fingerprint density at radius 1 is 0.971 bits per heavy atom. The van der Waals surface area contributed by atoms with Gasteiger partial charge in [0, 0.05) is 31.1 Å². The number of hydrogen-bond acceptors (Lipinski definition) is 4. The Hall–Kier alpha value is -4.04. The van der Waals surface area contributed by atoms with Gasteiger partial charge in [-0.1, -0.05) is 36.4 Å². The predicted molar refractivity (Wildman–Crippen MR) is 134 cm³/mol. The van der Waals surface area contributed by atoms with Crippen LogP contribution < -0.4 is 16.4 Å². The Kier molecular flexibility index (Phi) is 7.22. The molecule has 180 valence electrons. The number of hydrogen-bond donors (Lipinski definition) is 3. The van der Waals surface area contributed by atoms with Gasteiger partial charge in [0.2, 0.25) is 11.8 Å². The van der Waals surface area contributed by atoms with Gasteiger partial charge in [0.15, 0.2) is 0 Å². The van der Waals surface area contributed by atoms with Gasteiger partial charge < -0.3 is 21.3 Å². The van der Waals surface area contributed by atoms with Crippen LogP contribution in [0.3, 0.4) is 0 Å². The number of nitrogens with zero attached hydrogens (tertiary/aromatic N) is 1. The molecule has 35 heavy (non-hydrogen) atoms. The maximum absolute atomic E-state index is 14.0. The molecule has 2 amide bonds. The van der Waals surface area contributed by atoms with E-state index in [2.05, 4.69) is 10.6 Å². The second-order valence-corrected chi connectivity index (χ2v) is 8.62. The molecule has 0 radical (unpaired) electrons. The number of nitrogens with two attached hydrogens (primary N) is 1. The van der Waals surface area contributed by atoms with E-state index in [0.29, 0.717) is 24.5 Å². The highest BCUT2D eigenvalue weighted by molar-refractivity contribution is 6.03. The number of nitrogens with one attached hydrogen (secondary N) is 2. The van der Waals surface area contributed by atoms with Gasteiger partial charge in [0.05, 0.1) is 23.0 Å². The third-order valence-corrected chi connectivity index (χ3v) is 6.04. The lowest BCUT2D eigenvalue weighted by atomic mass is 9.88. The van der Waals surface area contributed by atoms with Crippen LogP contribution in [0.1, 0.15) is 17.0 Å². The van der Waals surface area contributed by atoms with Crippen LogP contribution in [-0.2, 0) is 9.59 Å². The molecule has 8 heteroatoms. The van der Waals surface area contributed by atoms with Crippen molar-refractivity contribution >= 4 is 35.0 Å². The Balaban J connectivity index is 1.42. The Labute approximate surface area is 202 Å². The zero-order chi connectivity index (χ0) is 24.9. The van der Waals surface area contributed by atoms with Crippen molar-refractivity contribution in [3.8, 4) is 0 Å². The minimum absolute atomic E-state index is 0.0410. The number of likely N-dealkylation sites (N-methyl/N-ethyl adjacent to an activating group) is 1. The molecule has 3 aromatic carbocycles. The van der Waals surface area contributed by atoms with Gasteiger partial charge in [-0.3, -0.25) is 9.59 Å². The smallest absolute Gasteiger partial charge is 0.248 e. The zero-order valence-electron chi connectivity index (χ0n) is 19.2. The van der Waals surface area contributed by atoms with Gasteiger partial charge in [0.25, 0.3) is 0 Å². The van der Waals surface area contributed by atoms with Crippen molar-refractivity contribution in [1.29, 1.82) is 0 Å². The lowest BCUT2D eigenvalue weighted by molar-refractivity contribution is -0.120. The summed E-state index contributed by atoms with van der Waals surface area (Å²) in [4.78, 5) is 27.2. The molecule has 4 N–H and O–H groups in total. The molecule has 6 nitrogen and oxygen atoms in total. The monoisotopic (exact) mass is 476 g/mol. The van der Waals surface area contributed by atoms with Crippen LogP contribution in [0, 0.1) is 17.6 Å². The van der Waals surface area contributed by atoms with E-state index in [0.717, 1.165) is 23.3 Å². The van der Waals surface area contributed by atoms with E-state index < -0.39 is 17.6 Å². The normalized spacial score (nSPS) is 18.0. The first-order valence-electron chi connectivity index (χ1n) is 11.2. The standard InChI is InChI=1S/C27H26F2N4O2/c1-33-15-20(21(16-33)27(35)32-24-12-11-19(28)14-22(24)29)18-9-6-17(7-10-18)8-13-26(34)31-25-5-3-2-4-23(25)30/h2-14,20-21H,15-16,30H2,1H3,(H,31,34)(H,32,35)/b13-8+. The number of carbonyl (C=O) groups excluding carboxylic acids is 2. The van der Waals surface area contributed by atoms with Crippen molar-refractivity contribution in [2.75, 3.05) is 36.5 Å². The van der Waals surface area contributed by atoms with Crippen LogP contribution in [0.15, 0.2) is 72.8 Å². The van der Waals surface area contributed by atoms with E-state index in [1.165, 1.54) is 12.1 Å². The van der Waals surface area contributed by atoms with Crippen LogP contribution in [-0.4, -0.2) is 36.9 Å². The summed E-state index contributed by atoms with van der Waals surface area (Å²) in [6, 6.07) is 17.7. The van der Waals surface area contributed by atoms with Crippen LogP contribution >= 0.6 is 0 Å². The first-order valence-corrected chi connectivity index (χ1v) is 11.2. The number of likely N-dealkylation sites (tertiary alicyclic amines) is 1. The molecule has 2 atom stereocenters. The summed E-state index contributed by atoms with van der Waals surface area (Å²) in [6.07, 6.45) is 3.12. The van der Waals surface area contributed by atoms with Crippen molar-refractivity contribution in [3.05, 3.63) is 95.6 Å². The minimum atomic E-state index is -0.809. The van der Waals surface area contributed by atoms with Crippen LogP contribution in [0.4, 0.5) is 25.8 Å². The van der Waals surface area contributed by atoms with Crippen molar-refractivity contribution in [2.45, 2.75) is 5.92 Å². The highest BCUT2D eigenvalue weighted by Crippen LogP contribution is 2.33. The van der Waals surface area contributed by atoms with Crippen molar-refractivity contribution in [1.82, 2.24) is 4.90 Å². The molecule has 3 aromatic rings. The summed E-state index contributed by atoms with van der Waals surface area (Å²) in [7, 11) is 1.92. The third-order valence-electron chi connectivity index (χ3n) is 6.04. The molecule has 0 aromatic heterocycles. The van der Waals surface area contributed by atoms with Gasteiger partial charge in [-0.05, 0) is 48.5 Å². The molecule has 0 saturated carbocycles. The van der Waals surface area contributed by atoms with Gasteiger partial charge in [0.1, 0.15) is 11.6 Å². The highest BCUT2D eigenvalue weighted by Gasteiger charge is 2.37. The molecule has 0 aliphatic carbocycles. The van der Waals surface area contributed by atoms with Crippen LogP contribution in [0.5, 0.6) is 0 Å². The van der Waals surface area contributed by atoms with E-state index >= 15 is 0 Å². The minimum Gasteiger partial charge on any atom is -0.397 e. The van der Waals surface area contributed by atoms with E-state index in [-0.39, 0.29) is 23.4 Å². The Morgan fingerprint density at radius 2 is 1.71 bits per heavy atom. The van der Waals surface area contributed by atoms with Crippen molar-refractivity contribution < 1.29 is 18.4 Å². The fourth-order valence-corrected chi connectivity index (χ4v) is 4.23. The first kappa shape index (κ1) is 24.1. The molecule has 0 bridgehead atoms. The van der Waals surface area contributed by atoms with Crippen molar-refractivity contribution in [3.63, 3.8) is 0 Å². The summed E-state index contributed by atoms with van der Waals surface area (Å²) < 4.78 is 27.2. The van der Waals surface area contributed by atoms with E-state index in [1.54, 1.807) is 30.3 Å². The number of halogens is 2. The maximum Gasteiger partial charge on any atom is 0.248 e. The van der Waals surface area contributed by atoms with E-state index in [9.17, 15) is 18.4 Å². The summed E-state index contributed by atoms with van der Waals surface area (Å²) >= 11 is 0. The summed E-state index contributed by atoms with van der Waals surface area (Å²) in [5.74, 6) is -2.61. The SMILES string of the molecule is CN1CC(C(=O)Nc2ccc(F)cc2F)C(c2ccc(/C=C/C(=O)Nc3ccccc3N)cc2)C1. The number of rotatable bonds is 6. The van der Waals surface area contributed by atoms with Crippen molar-refractivity contribution in [2.24, 2.45) is 5.92 Å². The molecule has 1 aliphatic rings. The molecule has 0 spiro atoms. The number of carbonyl (C=O) groups is 2. The number of benzene rings is 3. The molecule has 1 fully saturated rings. The second kappa shape index (κ2) is 10.5. The van der Waals surface area contributed by atoms with Gasteiger partial charge in [-0.25, -0.2) is 8.78 Å². The number of para-hydroxylation sites is 2. The fraction of sp³-hybridized carbons (Fsp3) is 0.185. The lowest BCUT2D eigenvalue weighted by Gasteiger charge is -2.19. The molecule has 1 heterocycles. The second-order valence-electron chi connectivity index (χ2n) is 8.62. The summed E-state index contributed by atoms with van der Waals surface area (Å²) in [5.41, 5.74) is 8.63. The summed E-state index contributed by atoms with van der Waals surface area (Å²) in [6.45, 7) is 1.18.